The van der Waals surface area contributed by atoms with Gasteiger partial charge in [-0.15, -0.1) is 0 Å². The lowest BCUT2D eigenvalue weighted by Gasteiger charge is -2.18. The number of nitrogens with one attached hydrogen (secondary N) is 1. The van der Waals surface area contributed by atoms with E-state index < -0.39 is 11.7 Å². The molecular formula is C19H21F3N2O2. The maximum atomic E-state index is 12.7. The lowest BCUT2D eigenvalue weighted by Crippen LogP contribution is -2.27. The largest absolute Gasteiger partial charge is 0.416 e. The Morgan fingerprint density at radius 2 is 1.73 bits per heavy atom. The SMILES string of the molecule is CCc1c(C(=O)N(C)Cc2ccc(C(F)(F)F)cc2)[nH]c(C)c1C(C)=O. The van der Waals surface area contributed by atoms with Gasteiger partial charge in [-0.2, -0.15) is 13.2 Å². The Hall–Kier alpha value is -2.57. The van der Waals surface area contributed by atoms with Crippen molar-refractivity contribution in [2.24, 2.45) is 0 Å². The van der Waals surface area contributed by atoms with Crippen LogP contribution in [0.5, 0.6) is 0 Å². The smallest absolute Gasteiger partial charge is 0.354 e. The zero-order valence-electron chi connectivity index (χ0n) is 15.1. The van der Waals surface area contributed by atoms with Crippen LogP contribution in [-0.4, -0.2) is 28.6 Å². The highest BCUT2D eigenvalue weighted by Gasteiger charge is 2.30. The van der Waals surface area contributed by atoms with Crippen molar-refractivity contribution in [1.82, 2.24) is 9.88 Å². The Bertz CT molecular complexity index is 821. The van der Waals surface area contributed by atoms with Crippen LogP contribution in [0.3, 0.4) is 0 Å². The summed E-state index contributed by atoms with van der Waals surface area (Å²) in [5.74, 6) is -0.419. The van der Waals surface area contributed by atoms with E-state index in [1.807, 2.05) is 6.92 Å². The summed E-state index contributed by atoms with van der Waals surface area (Å²) in [6.07, 6.45) is -3.87. The number of carbonyl (C=O) groups is 2. The number of aryl methyl sites for hydroxylation is 1. The zero-order valence-corrected chi connectivity index (χ0v) is 15.1. The fraction of sp³-hybridized carbons (Fsp3) is 0.368. The fourth-order valence-electron chi connectivity index (χ4n) is 3.03. The van der Waals surface area contributed by atoms with Crippen LogP contribution in [0.4, 0.5) is 13.2 Å². The van der Waals surface area contributed by atoms with E-state index in [-0.39, 0.29) is 18.2 Å². The molecule has 0 aliphatic rings. The summed E-state index contributed by atoms with van der Waals surface area (Å²) in [5, 5.41) is 0. The minimum atomic E-state index is -4.39. The van der Waals surface area contributed by atoms with E-state index in [2.05, 4.69) is 4.98 Å². The first-order valence-corrected chi connectivity index (χ1v) is 8.20. The predicted molar refractivity (Wildman–Crippen MR) is 92.2 cm³/mol. The molecule has 1 aromatic heterocycles. The first kappa shape index (κ1) is 19.8. The zero-order chi connectivity index (χ0) is 19.6. The van der Waals surface area contributed by atoms with Gasteiger partial charge in [-0.1, -0.05) is 19.1 Å². The first-order chi connectivity index (χ1) is 12.1. The van der Waals surface area contributed by atoms with Crippen LogP contribution in [0, 0.1) is 6.92 Å². The van der Waals surface area contributed by atoms with Crippen LogP contribution in [0.15, 0.2) is 24.3 Å². The van der Waals surface area contributed by atoms with Gasteiger partial charge in [-0.3, -0.25) is 9.59 Å². The minimum absolute atomic E-state index is 0.111. The van der Waals surface area contributed by atoms with Crippen LogP contribution >= 0.6 is 0 Å². The molecule has 1 heterocycles. The van der Waals surface area contributed by atoms with Crippen molar-refractivity contribution < 1.29 is 22.8 Å². The maximum Gasteiger partial charge on any atom is 0.416 e. The van der Waals surface area contributed by atoms with Gasteiger partial charge in [0.2, 0.25) is 0 Å². The van der Waals surface area contributed by atoms with Gasteiger partial charge in [0.25, 0.3) is 5.91 Å². The Morgan fingerprint density at radius 3 is 2.19 bits per heavy atom. The monoisotopic (exact) mass is 366 g/mol. The second-order valence-electron chi connectivity index (χ2n) is 6.24. The second kappa shape index (κ2) is 7.35. The number of Topliss-reactive ketones (excluding diaryl/α,β-unsaturated/α-hetero) is 1. The third-order valence-electron chi connectivity index (χ3n) is 4.26. The summed E-state index contributed by atoms with van der Waals surface area (Å²) >= 11 is 0. The Morgan fingerprint density at radius 1 is 1.15 bits per heavy atom. The molecule has 2 aromatic rings. The number of nitrogens with zero attached hydrogens (tertiary/aromatic N) is 1. The predicted octanol–water partition coefficient (Wildman–Crippen LogP) is 4.38. The molecule has 0 fully saturated rings. The highest BCUT2D eigenvalue weighted by Crippen LogP contribution is 2.29. The van der Waals surface area contributed by atoms with Crippen LogP contribution < -0.4 is 0 Å². The minimum Gasteiger partial charge on any atom is -0.354 e. The van der Waals surface area contributed by atoms with Crippen molar-refractivity contribution in [3.8, 4) is 0 Å². The van der Waals surface area contributed by atoms with E-state index in [1.54, 1.807) is 14.0 Å². The molecule has 1 N–H and O–H groups in total. The summed E-state index contributed by atoms with van der Waals surface area (Å²) in [6, 6.07) is 4.71. The molecule has 0 saturated heterocycles. The highest BCUT2D eigenvalue weighted by molar-refractivity contribution is 6.02. The summed E-state index contributed by atoms with van der Waals surface area (Å²) in [4.78, 5) is 29.0. The van der Waals surface area contributed by atoms with Gasteiger partial charge in [0, 0.05) is 24.8 Å². The van der Waals surface area contributed by atoms with Crippen LogP contribution in [0.2, 0.25) is 0 Å². The first-order valence-electron chi connectivity index (χ1n) is 8.20. The van der Waals surface area contributed by atoms with E-state index in [1.165, 1.54) is 24.0 Å². The van der Waals surface area contributed by atoms with Crippen LogP contribution in [-0.2, 0) is 19.1 Å². The van der Waals surface area contributed by atoms with Crippen LogP contribution in [0.25, 0.3) is 0 Å². The van der Waals surface area contributed by atoms with E-state index in [0.717, 1.165) is 12.1 Å². The quantitative estimate of drug-likeness (QED) is 0.799. The second-order valence-corrected chi connectivity index (χ2v) is 6.24. The number of benzene rings is 1. The average molecular weight is 366 g/mol. The normalized spacial score (nSPS) is 11.5. The molecule has 26 heavy (non-hydrogen) atoms. The standard InChI is InChI=1S/C19H21F3N2O2/c1-5-15-16(12(3)25)11(2)23-17(15)18(26)24(4)10-13-6-8-14(9-7-13)19(20,21)22/h6-9,23H,5,10H2,1-4H3. The average Bonchev–Trinajstić information content (AvgIpc) is 2.90. The number of aromatic nitrogens is 1. The fourth-order valence-corrected chi connectivity index (χ4v) is 3.03. The van der Waals surface area contributed by atoms with Crippen molar-refractivity contribution >= 4 is 11.7 Å². The van der Waals surface area contributed by atoms with Crippen molar-refractivity contribution in [1.29, 1.82) is 0 Å². The third-order valence-corrected chi connectivity index (χ3v) is 4.26. The lowest BCUT2D eigenvalue weighted by molar-refractivity contribution is -0.137. The van der Waals surface area contributed by atoms with Crippen molar-refractivity contribution in [2.45, 2.75) is 39.9 Å². The number of carbonyl (C=O) groups excluding carboxylic acids is 2. The van der Waals surface area contributed by atoms with Crippen LogP contribution in [0.1, 0.15) is 57.1 Å². The number of alkyl halides is 3. The molecule has 7 heteroatoms. The Balaban J connectivity index is 2.23. The van der Waals surface area contributed by atoms with E-state index in [0.29, 0.717) is 34.5 Å². The van der Waals surface area contributed by atoms with Gasteiger partial charge in [0.15, 0.2) is 5.78 Å². The maximum absolute atomic E-state index is 12.7. The molecule has 0 radical (unpaired) electrons. The molecule has 0 spiro atoms. The number of ketones is 1. The molecule has 0 aliphatic carbocycles. The molecule has 0 atom stereocenters. The summed E-state index contributed by atoms with van der Waals surface area (Å²) in [7, 11) is 1.57. The number of H-pyrrole nitrogens is 1. The summed E-state index contributed by atoms with van der Waals surface area (Å²) in [6.45, 7) is 5.22. The molecule has 2 rings (SSSR count). The molecule has 1 amide bonds. The summed E-state index contributed by atoms with van der Waals surface area (Å²) in [5.41, 5.74) is 2.04. The van der Waals surface area contributed by atoms with Crippen molar-refractivity contribution in [3.63, 3.8) is 0 Å². The highest BCUT2D eigenvalue weighted by atomic mass is 19.4. The number of hydrogen-bond donors (Lipinski definition) is 1. The molecule has 0 saturated carbocycles. The van der Waals surface area contributed by atoms with E-state index in [4.69, 9.17) is 0 Å². The van der Waals surface area contributed by atoms with Gasteiger partial charge in [0.05, 0.1) is 5.56 Å². The number of aromatic amines is 1. The number of halogens is 3. The van der Waals surface area contributed by atoms with Gasteiger partial charge in [-0.05, 0) is 43.5 Å². The number of rotatable bonds is 5. The summed E-state index contributed by atoms with van der Waals surface area (Å²) < 4.78 is 37.9. The molecule has 0 unspecified atom stereocenters. The van der Waals surface area contributed by atoms with Gasteiger partial charge >= 0.3 is 6.18 Å². The van der Waals surface area contributed by atoms with Gasteiger partial charge in [0.1, 0.15) is 5.69 Å². The van der Waals surface area contributed by atoms with E-state index >= 15 is 0 Å². The third kappa shape index (κ3) is 3.98. The van der Waals surface area contributed by atoms with Gasteiger partial charge < -0.3 is 9.88 Å². The van der Waals surface area contributed by atoms with Crippen molar-refractivity contribution in [3.05, 3.63) is 57.9 Å². The Kier molecular flexibility index (Phi) is 5.59. The molecule has 4 nitrogen and oxygen atoms in total. The molecule has 0 bridgehead atoms. The van der Waals surface area contributed by atoms with Crippen molar-refractivity contribution in [2.75, 3.05) is 7.05 Å². The van der Waals surface area contributed by atoms with Gasteiger partial charge in [-0.25, -0.2) is 0 Å². The number of hydrogen-bond acceptors (Lipinski definition) is 2. The van der Waals surface area contributed by atoms with E-state index in [9.17, 15) is 22.8 Å². The molecule has 140 valence electrons. The number of amides is 1. The topological polar surface area (TPSA) is 53.2 Å². The molecule has 1 aromatic carbocycles. The molecular weight excluding hydrogens is 345 g/mol. The molecule has 0 aliphatic heterocycles. The lowest BCUT2D eigenvalue weighted by atomic mass is 10.0. The Labute approximate surface area is 150 Å².